The molecule has 2 rings (SSSR count). The lowest BCUT2D eigenvalue weighted by Crippen LogP contribution is -2.57. The zero-order valence-electron chi connectivity index (χ0n) is 16.9. The lowest BCUT2D eigenvalue weighted by Gasteiger charge is -2.38. The second kappa shape index (κ2) is 11.5. The van der Waals surface area contributed by atoms with Crippen LogP contribution in [0.15, 0.2) is 0 Å². The Kier molecular flexibility index (Phi) is 9.31. The molecule has 2 heterocycles. The highest BCUT2D eigenvalue weighted by Crippen LogP contribution is 2.22. The van der Waals surface area contributed by atoms with Gasteiger partial charge in [-0.25, -0.2) is 4.79 Å². The molecule has 2 saturated heterocycles. The maximum Gasteiger partial charge on any atom is 0.333 e. The standard InChI is InChI=1S/C19H29NO10/c1-11-16(25)17(26)18(27)19(29-11)28-10-4-6-12(21)5-2-3-7-15(24)30-20-13(22)8-9-14(20)23/h11,16-19,25-27H,2-10H2,1H3/t11-,16+,17+,18-,19+/m0/s1. The molecule has 0 saturated carbocycles. The van der Waals surface area contributed by atoms with Gasteiger partial charge in [0.2, 0.25) is 0 Å². The summed E-state index contributed by atoms with van der Waals surface area (Å²) in [6.07, 6.45) is -3.89. The van der Waals surface area contributed by atoms with Crippen molar-refractivity contribution < 1.29 is 48.8 Å². The van der Waals surface area contributed by atoms with Crippen LogP contribution < -0.4 is 0 Å². The largest absolute Gasteiger partial charge is 0.388 e. The molecule has 11 nitrogen and oxygen atoms in total. The molecule has 0 spiro atoms. The van der Waals surface area contributed by atoms with Gasteiger partial charge in [0.25, 0.3) is 11.8 Å². The molecule has 0 bridgehead atoms. The molecule has 0 aromatic rings. The fraction of sp³-hybridized carbons (Fsp3) is 0.789. The van der Waals surface area contributed by atoms with E-state index in [2.05, 4.69) is 0 Å². The van der Waals surface area contributed by atoms with Gasteiger partial charge >= 0.3 is 5.97 Å². The fourth-order valence-electron chi connectivity index (χ4n) is 3.14. The maximum atomic E-state index is 11.9. The zero-order valence-corrected chi connectivity index (χ0v) is 16.9. The van der Waals surface area contributed by atoms with Crippen LogP contribution in [0.1, 0.15) is 58.3 Å². The number of nitrogens with zero attached hydrogens (tertiary/aromatic N) is 1. The molecule has 3 N–H and O–H groups in total. The van der Waals surface area contributed by atoms with Crippen LogP contribution in [0, 0.1) is 0 Å². The monoisotopic (exact) mass is 431 g/mol. The molecule has 0 aromatic carbocycles. The minimum atomic E-state index is -1.38. The van der Waals surface area contributed by atoms with Crippen LogP contribution in [0.5, 0.6) is 0 Å². The summed E-state index contributed by atoms with van der Waals surface area (Å²) < 4.78 is 10.7. The number of hydrogen-bond acceptors (Lipinski definition) is 10. The maximum absolute atomic E-state index is 11.9. The summed E-state index contributed by atoms with van der Waals surface area (Å²) >= 11 is 0. The molecule has 0 unspecified atom stereocenters. The number of unbranched alkanes of at least 4 members (excludes halogenated alkanes) is 1. The van der Waals surface area contributed by atoms with Crippen LogP contribution in [0.4, 0.5) is 0 Å². The Balaban J connectivity index is 1.53. The first kappa shape index (κ1) is 24.4. The van der Waals surface area contributed by atoms with Crippen molar-refractivity contribution in [1.29, 1.82) is 0 Å². The summed E-state index contributed by atoms with van der Waals surface area (Å²) in [6.45, 7) is 1.68. The van der Waals surface area contributed by atoms with E-state index >= 15 is 0 Å². The van der Waals surface area contributed by atoms with Gasteiger partial charge in [-0.05, 0) is 26.2 Å². The zero-order chi connectivity index (χ0) is 22.3. The SMILES string of the molecule is C[C@@H]1O[C@@H](OCCCC(=O)CCCCC(=O)ON2C(=O)CCC2=O)[C@@H](O)[C@H](O)[C@@H]1O. The van der Waals surface area contributed by atoms with E-state index in [4.69, 9.17) is 14.3 Å². The van der Waals surface area contributed by atoms with Crippen LogP contribution in [0.3, 0.4) is 0 Å². The summed E-state index contributed by atoms with van der Waals surface area (Å²) in [5, 5.41) is 29.7. The summed E-state index contributed by atoms with van der Waals surface area (Å²) in [7, 11) is 0. The second-order valence-corrected chi connectivity index (χ2v) is 7.45. The summed E-state index contributed by atoms with van der Waals surface area (Å²) in [5.41, 5.74) is 0. The number of imide groups is 1. The van der Waals surface area contributed by atoms with E-state index < -0.39 is 48.5 Å². The van der Waals surface area contributed by atoms with Crippen molar-refractivity contribution >= 4 is 23.6 Å². The van der Waals surface area contributed by atoms with Crippen LogP contribution in [-0.2, 0) is 33.5 Å². The third-order valence-electron chi connectivity index (χ3n) is 4.98. The van der Waals surface area contributed by atoms with E-state index in [0.29, 0.717) is 24.3 Å². The van der Waals surface area contributed by atoms with Gasteiger partial charge in [0.05, 0.1) is 12.7 Å². The van der Waals surface area contributed by atoms with Gasteiger partial charge in [0.1, 0.15) is 24.1 Å². The normalized spacial score (nSPS) is 29.3. The van der Waals surface area contributed by atoms with Gasteiger partial charge in [-0.1, -0.05) is 0 Å². The second-order valence-electron chi connectivity index (χ2n) is 7.45. The van der Waals surface area contributed by atoms with Crippen molar-refractivity contribution in [3.8, 4) is 0 Å². The highest BCUT2D eigenvalue weighted by atomic mass is 16.7. The molecule has 5 atom stereocenters. The first-order chi connectivity index (χ1) is 14.2. The van der Waals surface area contributed by atoms with E-state index in [1.807, 2.05) is 0 Å². The molecular weight excluding hydrogens is 402 g/mol. The minimum Gasteiger partial charge on any atom is -0.388 e. The lowest BCUT2D eigenvalue weighted by molar-refractivity contribution is -0.293. The Morgan fingerprint density at radius 1 is 0.967 bits per heavy atom. The summed E-state index contributed by atoms with van der Waals surface area (Å²) in [5.74, 6) is -1.77. The Labute approximate surface area is 173 Å². The van der Waals surface area contributed by atoms with Crippen molar-refractivity contribution in [3.05, 3.63) is 0 Å². The van der Waals surface area contributed by atoms with Gasteiger partial charge in [0.15, 0.2) is 6.29 Å². The molecule has 2 aliphatic heterocycles. The number of rotatable bonds is 11. The predicted octanol–water partition coefficient (Wildman–Crippen LogP) is -0.653. The van der Waals surface area contributed by atoms with Gasteiger partial charge in [-0.15, -0.1) is 5.06 Å². The number of amides is 2. The topological polar surface area (TPSA) is 160 Å². The number of ketones is 1. The molecule has 2 aliphatic rings. The summed E-state index contributed by atoms with van der Waals surface area (Å²) in [4.78, 5) is 51.0. The third kappa shape index (κ3) is 6.81. The highest BCUT2D eigenvalue weighted by molar-refractivity contribution is 6.01. The molecule has 11 heteroatoms. The van der Waals surface area contributed by atoms with E-state index in [0.717, 1.165) is 0 Å². The fourth-order valence-corrected chi connectivity index (χ4v) is 3.14. The van der Waals surface area contributed by atoms with Crippen molar-refractivity contribution in [2.75, 3.05) is 6.61 Å². The first-order valence-electron chi connectivity index (χ1n) is 10.1. The molecule has 0 aliphatic carbocycles. The quantitative estimate of drug-likeness (QED) is 0.283. The Morgan fingerprint density at radius 3 is 2.23 bits per heavy atom. The van der Waals surface area contributed by atoms with Gasteiger partial charge in [-0.2, -0.15) is 0 Å². The van der Waals surface area contributed by atoms with E-state index in [-0.39, 0.29) is 44.5 Å². The molecular formula is C19H29NO10. The lowest BCUT2D eigenvalue weighted by atomic mass is 10.00. The number of carbonyl (C=O) groups excluding carboxylic acids is 4. The number of ether oxygens (including phenoxy) is 2. The third-order valence-corrected chi connectivity index (χ3v) is 4.98. The number of hydrogen-bond donors (Lipinski definition) is 3. The number of aliphatic hydroxyl groups is 3. The number of hydroxylamine groups is 2. The highest BCUT2D eigenvalue weighted by Gasteiger charge is 2.42. The molecule has 30 heavy (non-hydrogen) atoms. The van der Waals surface area contributed by atoms with Crippen molar-refractivity contribution in [1.82, 2.24) is 5.06 Å². The van der Waals surface area contributed by atoms with Crippen molar-refractivity contribution in [2.45, 2.75) is 89.0 Å². The number of Topliss-reactive ketones (excluding diaryl/α,β-unsaturated/α-hetero) is 1. The molecule has 2 fully saturated rings. The smallest absolute Gasteiger partial charge is 0.333 e. The van der Waals surface area contributed by atoms with E-state index in [9.17, 15) is 34.5 Å². The van der Waals surface area contributed by atoms with Crippen LogP contribution in [0.25, 0.3) is 0 Å². The molecule has 0 radical (unpaired) electrons. The Morgan fingerprint density at radius 2 is 1.57 bits per heavy atom. The Hall–Kier alpha value is -1.92. The number of carbonyl (C=O) groups is 4. The van der Waals surface area contributed by atoms with E-state index in [1.54, 1.807) is 6.92 Å². The van der Waals surface area contributed by atoms with Gasteiger partial charge in [0, 0.05) is 32.1 Å². The molecule has 170 valence electrons. The predicted molar refractivity (Wildman–Crippen MR) is 98.2 cm³/mol. The minimum absolute atomic E-state index is 0.00325. The number of aliphatic hydroxyl groups excluding tert-OH is 3. The Bertz CT molecular complexity index is 623. The van der Waals surface area contributed by atoms with Crippen molar-refractivity contribution in [2.24, 2.45) is 0 Å². The van der Waals surface area contributed by atoms with Crippen LogP contribution in [0.2, 0.25) is 0 Å². The average molecular weight is 431 g/mol. The van der Waals surface area contributed by atoms with Gasteiger partial charge in [-0.3, -0.25) is 14.4 Å². The molecule has 2 amide bonds. The summed E-state index contributed by atoms with van der Waals surface area (Å²) in [6, 6.07) is 0. The van der Waals surface area contributed by atoms with Crippen LogP contribution in [-0.4, -0.2) is 81.3 Å². The van der Waals surface area contributed by atoms with Crippen molar-refractivity contribution in [3.63, 3.8) is 0 Å². The first-order valence-corrected chi connectivity index (χ1v) is 10.1. The van der Waals surface area contributed by atoms with Crippen LogP contribution >= 0.6 is 0 Å². The van der Waals surface area contributed by atoms with Gasteiger partial charge < -0.3 is 29.6 Å². The average Bonchev–Trinajstić information content (AvgIpc) is 3.02. The van der Waals surface area contributed by atoms with E-state index in [1.165, 1.54) is 0 Å². The molecule has 0 aromatic heterocycles.